The quantitative estimate of drug-likeness (QED) is 0.206. The molecule has 0 bridgehead atoms. The molecule has 1 N–H and O–H groups in total. The molecule has 7 rings (SSSR count). The number of anilines is 1. The molecule has 14 nitrogen and oxygen atoms in total. The highest BCUT2D eigenvalue weighted by molar-refractivity contribution is 6.09. The van der Waals surface area contributed by atoms with Crippen LogP contribution in [0.3, 0.4) is 0 Å². The fourth-order valence-corrected chi connectivity index (χ4v) is 5.67. The molecule has 0 atom stereocenters. The maximum Gasteiger partial charge on any atom is 0.387 e. The lowest BCUT2D eigenvalue weighted by molar-refractivity contribution is -0.0494. The van der Waals surface area contributed by atoms with Gasteiger partial charge in [0.15, 0.2) is 11.5 Å². The molecule has 240 valence electrons. The Bertz CT molecular complexity index is 1840. The largest absolute Gasteiger partial charge is 0.434 e. The number of tetrazole rings is 1. The van der Waals surface area contributed by atoms with Crippen LogP contribution in [0.4, 0.5) is 14.5 Å². The van der Waals surface area contributed by atoms with Crippen molar-refractivity contribution in [2.24, 2.45) is 0 Å². The molecule has 0 radical (unpaired) electrons. The first-order chi connectivity index (χ1) is 22.3. The Morgan fingerprint density at radius 3 is 2.83 bits per heavy atom. The summed E-state index contributed by atoms with van der Waals surface area (Å²) in [6, 6.07) is 6.99. The number of aromatic nitrogens is 9. The number of carbonyl (C=O) groups excluding carboxylic acids is 1. The third-order valence-electron chi connectivity index (χ3n) is 8.17. The second-order valence-electron chi connectivity index (χ2n) is 12.0. The van der Waals surface area contributed by atoms with E-state index in [1.54, 1.807) is 40.2 Å². The number of rotatable bonds is 13. The fourth-order valence-electron chi connectivity index (χ4n) is 5.67. The lowest BCUT2D eigenvalue weighted by Crippen LogP contribution is -2.49. The third kappa shape index (κ3) is 6.44. The van der Waals surface area contributed by atoms with Crippen LogP contribution in [0.1, 0.15) is 53.0 Å². The van der Waals surface area contributed by atoms with E-state index in [0.29, 0.717) is 28.6 Å². The van der Waals surface area contributed by atoms with Crippen LogP contribution in [0.15, 0.2) is 49.1 Å². The molecule has 1 saturated heterocycles. The summed E-state index contributed by atoms with van der Waals surface area (Å²) < 4.78 is 34.9. The molecule has 2 fully saturated rings. The summed E-state index contributed by atoms with van der Waals surface area (Å²) in [5, 5.41) is 24.9. The van der Waals surface area contributed by atoms with Crippen LogP contribution in [0.2, 0.25) is 0 Å². The van der Waals surface area contributed by atoms with Gasteiger partial charge in [-0.15, -0.1) is 10.2 Å². The van der Waals surface area contributed by atoms with Crippen molar-refractivity contribution in [2.45, 2.75) is 44.4 Å². The number of amides is 1. The van der Waals surface area contributed by atoms with Crippen LogP contribution >= 0.6 is 0 Å². The summed E-state index contributed by atoms with van der Waals surface area (Å²) >= 11 is 0. The summed E-state index contributed by atoms with van der Waals surface area (Å²) in [6.45, 7) is 0.879. The molecule has 5 aromatic rings. The zero-order valence-electron chi connectivity index (χ0n) is 25.5. The minimum absolute atomic E-state index is 0.0398. The molecule has 0 spiro atoms. The predicted octanol–water partition coefficient (Wildman–Crippen LogP) is 3.17. The molecule has 0 unspecified atom stereocenters. The second kappa shape index (κ2) is 12.5. The van der Waals surface area contributed by atoms with Gasteiger partial charge < -0.3 is 15.0 Å². The average molecular weight is 633 g/mol. The summed E-state index contributed by atoms with van der Waals surface area (Å²) in [4.78, 5) is 23.9. The van der Waals surface area contributed by atoms with Crippen molar-refractivity contribution in [1.82, 2.24) is 54.4 Å². The van der Waals surface area contributed by atoms with Crippen LogP contribution in [0.5, 0.6) is 5.75 Å². The van der Waals surface area contributed by atoms with E-state index < -0.39 is 12.5 Å². The zero-order valence-corrected chi connectivity index (χ0v) is 25.5. The molecular formula is C30H34F2N12O2. The van der Waals surface area contributed by atoms with Gasteiger partial charge in [0.1, 0.15) is 23.6 Å². The smallest absolute Gasteiger partial charge is 0.387 e. The van der Waals surface area contributed by atoms with Gasteiger partial charge in [-0.1, -0.05) is 6.07 Å². The van der Waals surface area contributed by atoms with Gasteiger partial charge in [0, 0.05) is 37.2 Å². The lowest BCUT2D eigenvalue weighted by Gasteiger charge is -2.38. The van der Waals surface area contributed by atoms with Gasteiger partial charge in [0.2, 0.25) is 0 Å². The van der Waals surface area contributed by atoms with Crippen molar-refractivity contribution in [3.63, 3.8) is 0 Å². The number of likely N-dealkylation sites (tertiary alicyclic amines) is 1. The Morgan fingerprint density at radius 1 is 1.20 bits per heavy atom. The third-order valence-corrected chi connectivity index (χ3v) is 8.17. The molecule has 16 heteroatoms. The maximum absolute atomic E-state index is 13.5. The fraction of sp³-hybridized carbons (Fsp3) is 0.433. The summed E-state index contributed by atoms with van der Waals surface area (Å²) in [5.74, 6) is 0.259. The Balaban J connectivity index is 1.15. The Morgan fingerprint density at radius 2 is 2.04 bits per heavy atom. The maximum atomic E-state index is 13.5. The number of nitrogens with one attached hydrogen (secondary N) is 1. The van der Waals surface area contributed by atoms with Crippen LogP contribution in [-0.2, 0) is 6.54 Å². The molecule has 1 amide bonds. The Kier molecular flexibility index (Phi) is 8.12. The van der Waals surface area contributed by atoms with E-state index in [4.69, 9.17) is 9.84 Å². The number of alkyl halides is 2. The van der Waals surface area contributed by atoms with Crippen molar-refractivity contribution in [3.05, 3.63) is 66.0 Å². The molecule has 1 aliphatic heterocycles. The molecule has 1 aliphatic carbocycles. The molecule has 46 heavy (non-hydrogen) atoms. The van der Waals surface area contributed by atoms with Crippen molar-refractivity contribution < 1.29 is 18.3 Å². The average Bonchev–Trinajstić information content (AvgIpc) is 3.41. The number of halogens is 2. The van der Waals surface area contributed by atoms with E-state index in [2.05, 4.69) is 54.7 Å². The first-order valence-corrected chi connectivity index (χ1v) is 15.2. The van der Waals surface area contributed by atoms with Crippen LogP contribution in [0.25, 0.3) is 16.9 Å². The second-order valence-corrected chi connectivity index (χ2v) is 12.0. The van der Waals surface area contributed by atoms with Crippen molar-refractivity contribution in [2.75, 3.05) is 45.6 Å². The van der Waals surface area contributed by atoms with Gasteiger partial charge in [-0.25, -0.2) is 9.50 Å². The van der Waals surface area contributed by atoms with E-state index >= 15 is 0 Å². The Hall–Kier alpha value is -4.83. The van der Waals surface area contributed by atoms with Crippen LogP contribution in [-0.4, -0.2) is 107 Å². The number of fused-ring (bicyclic) bond motifs is 1. The monoisotopic (exact) mass is 632 g/mol. The first kappa shape index (κ1) is 29.9. The number of ether oxygens (including phenoxy) is 1. The first-order valence-electron chi connectivity index (χ1n) is 15.2. The molecule has 2 aliphatic rings. The highest BCUT2D eigenvalue weighted by Gasteiger charge is 2.30. The van der Waals surface area contributed by atoms with Gasteiger partial charge in [-0.3, -0.25) is 14.4 Å². The number of hydrogen-bond acceptors (Lipinski definition) is 10. The van der Waals surface area contributed by atoms with Gasteiger partial charge in [-0.2, -0.15) is 23.8 Å². The van der Waals surface area contributed by atoms with Gasteiger partial charge >= 0.3 is 6.61 Å². The number of benzene rings is 1. The summed E-state index contributed by atoms with van der Waals surface area (Å²) in [6.07, 6.45) is 9.44. The van der Waals surface area contributed by atoms with E-state index in [0.717, 1.165) is 51.0 Å². The number of hydrogen-bond donors (Lipinski definition) is 1. The highest BCUT2D eigenvalue weighted by atomic mass is 19.3. The molecule has 1 aromatic carbocycles. The number of carbonyl (C=O) groups is 1. The standard InChI is InChI=1S/C30H34F2N12O2/c1-40(2)10-4-11-41-15-21(16-41)44-37-26(36-39-44)18-42-17-24(35-29(45)23-14-34-43-12-3-9-33-28(23)43)27(38-42)22-13-20(19-5-6-19)7-8-25(22)46-30(31)32/h3,7-9,12-14,17,19,21,30H,4-6,10-11,15-16,18H2,1-2H3,(H,35,45). The van der Waals surface area contributed by atoms with Crippen molar-refractivity contribution >= 4 is 17.2 Å². The lowest BCUT2D eigenvalue weighted by atomic mass is 10.0. The predicted molar refractivity (Wildman–Crippen MR) is 163 cm³/mol. The van der Waals surface area contributed by atoms with Crippen LogP contribution in [0, 0.1) is 0 Å². The van der Waals surface area contributed by atoms with Gasteiger partial charge in [0.05, 0.1) is 17.9 Å². The minimum atomic E-state index is -3.04. The van der Waals surface area contributed by atoms with E-state index in [1.807, 2.05) is 6.07 Å². The normalized spacial score (nSPS) is 15.6. The van der Waals surface area contributed by atoms with E-state index in [9.17, 15) is 13.6 Å². The Labute approximate surface area is 262 Å². The molecule has 5 heterocycles. The van der Waals surface area contributed by atoms with Gasteiger partial charge in [-0.05, 0) is 81.3 Å². The zero-order chi connectivity index (χ0) is 31.8. The van der Waals surface area contributed by atoms with Crippen LogP contribution < -0.4 is 10.1 Å². The SMILES string of the molecule is CN(C)CCCN1CC(n2nnc(Cn3cc(NC(=O)c4cnn5cccnc45)c(-c4cc(C5CC5)ccc4OC(F)F)n3)n2)C1. The highest BCUT2D eigenvalue weighted by Crippen LogP contribution is 2.44. The minimum Gasteiger partial charge on any atom is -0.434 e. The number of nitrogens with zero attached hydrogens (tertiary/aromatic N) is 11. The molecular weight excluding hydrogens is 598 g/mol. The summed E-state index contributed by atoms with van der Waals surface area (Å²) in [7, 11) is 4.14. The van der Waals surface area contributed by atoms with Gasteiger partial charge in [0.25, 0.3) is 5.91 Å². The molecule has 1 saturated carbocycles. The van der Waals surface area contributed by atoms with E-state index in [1.165, 1.54) is 16.8 Å². The van der Waals surface area contributed by atoms with Crippen molar-refractivity contribution in [1.29, 1.82) is 0 Å². The van der Waals surface area contributed by atoms with Crippen molar-refractivity contribution in [3.8, 4) is 17.0 Å². The molecule has 4 aromatic heterocycles. The topological polar surface area (TPSA) is 136 Å². The van der Waals surface area contributed by atoms with E-state index in [-0.39, 0.29) is 29.6 Å². The summed E-state index contributed by atoms with van der Waals surface area (Å²) in [5.41, 5.74) is 2.53.